The zero-order chi connectivity index (χ0) is 58.7. The second-order valence-electron chi connectivity index (χ2n) is 24.8. The van der Waals surface area contributed by atoms with Crippen molar-refractivity contribution in [3.05, 3.63) is 0 Å². The van der Waals surface area contributed by atoms with Crippen molar-refractivity contribution in [1.82, 2.24) is 0 Å². The summed E-state index contributed by atoms with van der Waals surface area (Å²) in [5.74, 6) is -1.90. The largest absolute Gasteiger partial charge is 2.00 e. The Balaban J connectivity index is -0.00000148. The molecule has 0 amide bonds. The van der Waals surface area contributed by atoms with Crippen LogP contribution in [0.5, 0.6) is 0 Å². The number of aliphatic carboxylic acids is 2. The first-order chi connectivity index (χ1) is 39.2. The smallest absolute Gasteiger partial charge is 0.550 e. The molecule has 0 aromatic rings. The quantitative estimate of drug-likeness (QED) is 0.0334. The summed E-state index contributed by atoms with van der Waals surface area (Å²) in [5.41, 5.74) is 0. The Hall–Kier alpha value is -1.50. The summed E-state index contributed by atoms with van der Waals surface area (Å²) in [6.45, 7) is 9.06. The molecule has 0 bridgehead atoms. The number of carbonyl (C=O) groups excluding carboxylic acids is 4. The maximum Gasteiger partial charge on any atom is 2.00 e. The van der Waals surface area contributed by atoms with E-state index in [1.165, 1.54) is 244 Å². The van der Waals surface area contributed by atoms with Gasteiger partial charge < -0.3 is 29.3 Å². The van der Waals surface area contributed by atoms with Crippen LogP contribution in [0.4, 0.5) is 0 Å². The molecule has 9 heteroatoms. The summed E-state index contributed by atoms with van der Waals surface area (Å²) in [7, 11) is 0. The number of unbranched alkanes of at least 4 members (excludes halogenated alkanes) is 48. The average molecular weight is 1200 g/mol. The van der Waals surface area contributed by atoms with E-state index >= 15 is 0 Å². The molecular formula is C72H138O8Zn. The number of hydrogen-bond donors (Lipinski definition) is 0. The van der Waals surface area contributed by atoms with E-state index in [2.05, 4.69) is 27.7 Å². The van der Waals surface area contributed by atoms with Gasteiger partial charge in [-0.15, -0.1) is 0 Å². The topological polar surface area (TPSA) is 133 Å². The van der Waals surface area contributed by atoms with E-state index in [1.54, 1.807) is 0 Å². The maximum atomic E-state index is 12.5. The van der Waals surface area contributed by atoms with Crippen molar-refractivity contribution in [3.63, 3.8) is 0 Å². The van der Waals surface area contributed by atoms with Gasteiger partial charge in [-0.25, -0.2) is 0 Å². The van der Waals surface area contributed by atoms with Gasteiger partial charge in [0.2, 0.25) is 0 Å². The molecule has 0 radical (unpaired) electrons. The number of rotatable bonds is 66. The predicted octanol–water partition coefficient (Wildman–Crippen LogP) is 21.6. The molecule has 81 heavy (non-hydrogen) atoms. The monoisotopic (exact) mass is 1190 g/mol. The Morgan fingerprint density at radius 3 is 0.556 bits per heavy atom. The van der Waals surface area contributed by atoms with Crippen LogP contribution < -0.4 is 10.2 Å². The molecular weight excluding hydrogens is 1060 g/mol. The van der Waals surface area contributed by atoms with Crippen molar-refractivity contribution in [3.8, 4) is 0 Å². The minimum Gasteiger partial charge on any atom is -0.550 e. The fourth-order valence-electron chi connectivity index (χ4n) is 11.3. The Kier molecular flexibility index (Phi) is 75.2. The third kappa shape index (κ3) is 74.6. The minimum absolute atomic E-state index is 0. The number of esters is 2. The number of carboxylic acid groups (broad SMARTS) is 2. The molecule has 0 aromatic heterocycles. The standard InChI is InChI=1S/2C36H70O4.Zn/c2*1-3-5-7-9-11-12-13-14-15-16-17-18-20-25-29-33-36(39)40-34(30-26-22-19-10-8-6-4-2)31-27-23-21-24-28-32-35(37)38;/h2*34H,3-33H2,1-2H3,(H,37,38);/q;;+2/p-2. The van der Waals surface area contributed by atoms with Crippen molar-refractivity contribution < 1.29 is 58.3 Å². The van der Waals surface area contributed by atoms with Gasteiger partial charge in [-0.1, -0.05) is 323 Å². The summed E-state index contributed by atoms with van der Waals surface area (Å²) in [5, 5.41) is 21.1. The van der Waals surface area contributed by atoms with E-state index < -0.39 is 11.9 Å². The molecule has 0 aliphatic heterocycles. The molecule has 2 unspecified atom stereocenters. The van der Waals surface area contributed by atoms with Gasteiger partial charge in [0, 0.05) is 24.8 Å². The minimum atomic E-state index is -0.948. The maximum absolute atomic E-state index is 12.5. The number of ether oxygens (including phenoxy) is 2. The van der Waals surface area contributed by atoms with Crippen LogP contribution in [0.1, 0.15) is 426 Å². The molecule has 0 saturated carbocycles. The van der Waals surface area contributed by atoms with Crippen molar-refractivity contribution in [2.24, 2.45) is 0 Å². The molecule has 0 N–H and O–H groups in total. The van der Waals surface area contributed by atoms with E-state index in [9.17, 15) is 29.4 Å². The first kappa shape index (κ1) is 83.7. The van der Waals surface area contributed by atoms with Crippen molar-refractivity contribution in [2.75, 3.05) is 0 Å². The van der Waals surface area contributed by atoms with Gasteiger partial charge in [0.1, 0.15) is 12.2 Å². The molecule has 0 aliphatic carbocycles. The van der Waals surface area contributed by atoms with Crippen LogP contribution in [-0.4, -0.2) is 36.1 Å². The van der Waals surface area contributed by atoms with Crippen LogP contribution in [0.25, 0.3) is 0 Å². The Morgan fingerprint density at radius 1 is 0.235 bits per heavy atom. The average Bonchev–Trinajstić information content (AvgIpc) is 3.43. The van der Waals surface area contributed by atoms with Gasteiger partial charge in [0.15, 0.2) is 0 Å². The van der Waals surface area contributed by atoms with Crippen molar-refractivity contribution >= 4 is 23.9 Å². The van der Waals surface area contributed by atoms with E-state index in [1.807, 2.05) is 0 Å². The van der Waals surface area contributed by atoms with Crippen LogP contribution >= 0.6 is 0 Å². The SMILES string of the molecule is CCCCCCCCCCCCCCCCCC(=O)OC(CCCCCCCCC)CCCCCCCC(=O)[O-].CCCCCCCCCCCCCCCCCC(=O)OC(CCCCCCCCC)CCCCCCCC(=O)[O-].[Zn+2]. The molecule has 0 aromatic carbocycles. The normalized spacial score (nSPS) is 11.9. The first-order valence-electron chi connectivity index (χ1n) is 36.0. The molecule has 0 aliphatic rings. The second kappa shape index (κ2) is 72.8. The fourth-order valence-corrected chi connectivity index (χ4v) is 11.3. The van der Waals surface area contributed by atoms with Gasteiger partial charge in [-0.05, 0) is 89.9 Å². The summed E-state index contributed by atoms with van der Waals surface area (Å²) < 4.78 is 11.9. The van der Waals surface area contributed by atoms with Gasteiger partial charge in [0.25, 0.3) is 0 Å². The summed E-state index contributed by atoms with van der Waals surface area (Å²) in [4.78, 5) is 46.2. The third-order valence-electron chi connectivity index (χ3n) is 16.6. The molecule has 0 spiro atoms. The molecule has 0 rings (SSSR count). The van der Waals surface area contributed by atoms with Gasteiger partial charge in [-0.3, -0.25) is 9.59 Å². The molecule has 0 heterocycles. The van der Waals surface area contributed by atoms with Crippen molar-refractivity contribution in [1.29, 1.82) is 0 Å². The van der Waals surface area contributed by atoms with Crippen molar-refractivity contribution in [2.45, 2.75) is 438 Å². The zero-order valence-electron chi connectivity index (χ0n) is 55.0. The summed E-state index contributed by atoms with van der Waals surface area (Å²) in [6.07, 6.45) is 73.0. The van der Waals surface area contributed by atoms with Gasteiger partial charge in [-0.2, -0.15) is 0 Å². The van der Waals surface area contributed by atoms with Crippen LogP contribution in [0.2, 0.25) is 0 Å². The Bertz CT molecular complexity index is 1170. The Morgan fingerprint density at radius 2 is 0.383 bits per heavy atom. The molecule has 476 valence electrons. The number of hydrogen-bond acceptors (Lipinski definition) is 8. The van der Waals surface area contributed by atoms with E-state index in [4.69, 9.17) is 9.47 Å². The van der Waals surface area contributed by atoms with E-state index in [-0.39, 0.29) is 56.5 Å². The predicted molar refractivity (Wildman–Crippen MR) is 339 cm³/mol. The summed E-state index contributed by atoms with van der Waals surface area (Å²) in [6, 6.07) is 0. The first-order valence-corrected chi connectivity index (χ1v) is 36.0. The van der Waals surface area contributed by atoms with Crippen LogP contribution in [-0.2, 0) is 48.1 Å². The van der Waals surface area contributed by atoms with E-state index in [0.29, 0.717) is 25.7 Å². The Labute approximate surface area is 517 Å². The molecule has 2 atom stereocenters. The van der Waals surface area contributed by atoms with Crippen LogP contribution in [0.15, 0.2) is 0 Å². The van der Waals surface area contributed by atoms with Crippen LogP contribution in [0, 0.1) is 0 Å². The second-order valence-corrected chi connectivity index (χ2v) is 24.8. The fraction of sp³-hybridized carbons (Fsp3) is 0.944. The third-order valence-corrected chi connectivity index (χ3v) is 16.6. The number of carbonyl (C=O) groups is 4. The van der Waals surface area contributed by atoms with Gasteiger partial charge >= 0.3 is 31.4 Å². The number of carboxylic acids is 2. The van der Waals surface area contributed by atoms with Crippen LogP contribution in [0.3, 0.4) is 0 Å². The zero-order valence-corrected chi connectivity index (χ0v) is 57.9. The van der Waals surface area contributed by atoms with Gasteiger partial charge in [0.05, 0.1) is 0 Å². The molecule has 0 saturated heterocycles. The summed E-state index contributed by atoms with van der Waals surface area (Å²) >= 11 is 0. The van der Waals surface area contributed by atoms with E-state index in [0.717, 1.165) is 116 Å². The molecule has 0 fully saturated rings. The molecule has 8 nitrogen and oxygen atoms in total.